The number of sulfonamides is 1. The molecule has 1 rings (SSSR count). The Balaban J connectivity index is 2.98. The van der Waals surface area contributed by atoms with Gasteiger partial charge in [0.25, 0.3) is 0 Å². The van der Waals surface area contributed by atoms with Gasteiger partial charge in [-0.2, -0.15) is 21.6 Å². The lowest BCUT2D eigenvalue weighted by Crippen LogP contribution is -2.30. The van der Waals surface area contributed by atoms with Gasteiger partial charge in [-0.1, -0.05) is 17.7 Å². The smallest absolute Gasteiger partial charge is 0.260 e. The number of alkyl halides is 3. The fourth-order valence-corrected chi connectivity index (χ4v) is 1.33. The highest BCUT2D eigenvalue weighted by molar-refractivity contribution is 7.93. The molecule has 0 aliphatic rings. The largest absolute Gasteiger partial charge is 0.516 e. The van der Waals surface area contributed by atoms with Crippen LogP contribution in [0.2, 0.25) is 5.15 Å². The number of pyridine rings is 1. The quantitative estimate of drug-likeness (QED) is 0.828. The lowest BCUT2D eigenvalue weighted by molar-refractivity contribution is -0.0429. The Morgan fingerprint density at radius 1 is 1.33 bits per heavy atom. The average molecular weight is 261 g/mol. The summed E-state index contributed by atoms with van der Waals surface area (Å²) in [4.78, 5) is 3.35. The molecule has 0 aromatic carbocycles. The van der Waals surface area contributed by atoms with E-state index in [2.05, 4.69) is 4.98 Å². The normalized spacial score (nSPS) is 12.5. The summed E-state index contributed by atoms with van der Waals surface area (Å²) in [5.74, 6) is -0.486. The predicted octanol–water partition coefficient (Wildman–Crippen LogP) is 2.00. The van der Waals surface area contributed by atoms with Crippen molar-refractivity contribution in [1.82, 2.24) is 4.98 Å². The molecule has 0 aliphatic carbocycles. The van der Waals surface area contributed by atoms with Crippen LogP contribution in [0.25, 0.3) is 0 Å². The first kappa shape index (κ1) is 12.1. The number of aromatic nitrogens is 1. The van der Waals surface area contributed by atoms with Crippen LogP contribution in [-0.4, -0.2) is 18.9 Å². The summed E-state index contributed by atoms with van der Waals surface area (Å²) in [6, 6.07) is 3.62. The number of rotatable bonds is 2. The van der Waals surface area contributed by atoms with Crippen molar-refractivity contribution < 1.29 is 21.6 Å². The number of halogens is 4. The van der Waals surface area contributed by atoms with Gasteiger partial charge in [0, 0.05) is 0 Å². The van der Waals surface area contributed by atoms with E-state index < -0.39 is 21.3 Å². The highest BCUT2D eigenvalue weighted by Gasteiger charge is 2.46. The third-order valence-electron chi connectivity index (χ3n) is 1.26. The van der Waals surface area contributed by atoms with Gasteiger partial charge < -0.3 is 0 Å². The maximum Gasteiger partial charge on any atom is 0.516 e. The molecule has 0 radical (unpaired) electrons. The number of nitrogens with one attached hydrogen (secondary N) is 1. The summed E-state index contributed by atoms with van der Waals surface area (Å²) in [7, 11) is -5.44. The Kier molecular flexibility index (Phi) is 3.10. The second-order valence-electron chi connectivity index (χ2n) is 2.40. The van der Waals surface area contributed by atoms with Crippen LogP contribution in [-0.2, 0) is 10.0 Å². The molecule has 0 atom stereocenters. The minimum absolute atomic E-state index is 0.114. The Hall–Kier alpha value is -1.02. The summed E-state index contributed by atoms with van der Waals surface area (Å²) >= 11 is 5.36. The lowest BCUT2D eigenvalue weighted by Gasteiger charge is -2.09. The van der Waals surface area contributed by atoms with E-state index in [9.17, 15) is 21.6 Å². The lowest BCUT2D eigenvalue weighted by atomic mass is 10.5. The second-order valence-corrected chi connectivity index (χ2v) is 4.46. The van der Waals surface area contributed by atoms with Gasteiger partial charge in [0.2, 0.25) is 0 Å². The van der Waals surface area contributed by atoms with Crippen molar-refractivity contribution in [3.05, 3.63) is 23.4 Å². The SMILES string of the molecule is O=S(=O)(Nc1cccc(Cl)n1)C(F)(F)F. The van der Waals surface area contributed by atoms with Crippen molar-refractivity contribution in [2.24, 2.45) is 0 Å². The van der Waals surface area contributed by atoms with E-state index >= 15 is 0 Å². The van der Waals surface area contributed by atoms with Gasteiger partial charge in [-0.15, -0.1) is 0 Å². The zero-order valence-corrected chi connectivity index (χ0v) is 8.49. The molecule has 9 heteroatoms. The topological polar surface area (TPSA) is 59.1 Å². The van der Waals surface area contributed by atoms with Crippen molar-refractivity contribution >= 4 is 27.4 Å². The minimum Gasteiger partial charge on any atom is -0.260 e. The van der Waals surface area contributed by atoms with Crippen LogP contribution in [0.5, 0.6) is 0 Å². The maximum atomic E-state index is 11.9. The monoisotopic (exact) mass is 260 g/mol. The zero-order chi connectivity index (χ0) is 11.7. The molecule has 4 nitrogen and oxygen atoms in total. The van der Waals surface area contributed by atoms with Crippen molar-refractivity contribution in [3.8, 4) is 0 Å². The Morgan fingerprint density at radius 3 is 2.40 bits per heavy atom. The number of hydrogen-bond acceptors (Lipinski definition) is 3. The van der Waals surface area contributed by atoms with Crippen molar-refractivity contribution in [1.29, 1.82) is 0 Å². The van der Waals surface area contributed by atoms with Gasteiger partial charge in [-0.05, 0) is 12.1 Å². The highest BCUT2D eigenvalue weighted by Crippen LogP contribution is 2.24. The molecule has 84 valence electrons. The third kappa shape index (κ3) is 2.96. The van der Waals surface area contributed by atoms with E-state index in [1.807, 2.05) is 0 Å². The van der Waals surface area contributed by atoms with E-state index in [1.165, 1.54) is 16.9 Å². The summed E-state index contributed by atoms with van der Waals surface area (Å²) in [5, 5.41) is -0.114. The minimum atomic E-state index is -5.44. The molecular formula is C6H4ClF3N2O2S. The average Bonchev–Trinajstić information content (AvgIpc) is 2.00. The molecule has 15 heavy (non-hydrogen) atoms. The van der Waals surface area contributed by atoms with E-state index in [-0.39, 0.29) is 5.15 Å². The molecule has 0 unspecified atom stereocenters. The van der Waals surface area contributed by atoms with Crippen LogP contribution >= 0.6 is 11.6 Å². The van der Waals surface area contributed by atoms with E-state index in [0.29, 0.717) is 0 Å². The fraction of sp³-hybridized carbons (Fsp3) is 0.167. The van der Waals surface area contributed by atoms with Gasteiger partial charge in [0.05, 0.1) is 0 Å². The highest BCUT2D eigenvalue weighted by atomic mass is 35.5. The molecule has 0 saturated heterocycles. The number of nitrogens with zero attached hydrogens (tertiary/aromatic N) is 1. The Morgan fingerprint density at radius 2 is 1.93 bits per heavy atom. The Bertz CT molecular complexity index is 460. The van der Waals surface area contributed by atoms with Gasteiger partial charge in [-0.25, -0.2) is 4.98 Å². The zero-order valence-electron chi connectivity index (χ0n) is 6.92. The molecule has 0 spiro atoms. The summed E-state index contributed by atoms with van der Waals surface area (Å²) in [5.41, 5.74) is -5.38. The van der Waals surface area contributed by atoms with Crippen LogP contribution in [0, 0.1) is 0 Å². The molecule has 1 heterocycles. The van der Waals surface area contributed by atoms with E-state index in [4.69, 9.17) is 11.6 Å². The van der Waals surface area contributed by atoms with Crippen LogP contribution < -0.4 is 4.72 Å². The van der Waals surface area contributed by atoms with Gasteiger partial charge in [-0.3, -0.25) is 4.72 Å². The molecule has 0 amide bonds. The molecule has 1 aromatic rings. The van der Waals surface area contributed by atoms with E-state index in [1.54, 1.807) is 0 Å². The van der Waals surface area contributed by atoms with Crippen LogP contribution in [0.15, 0.2) is 18.2 Å². The fourth-order valence-electron chi connectivity index (χ4n) is 0.661. The molecule has 0 bridgehead atoms. The molecule has 0 aliphatic heterocycles. The molecule has 1 N–H and O–H groups in total. The third-order valence-corrected chi connectivity index (χ3v) is 2.56. The van der Waals surface area contributed by atoms with Gasteiger partial charge in [0.1, 0.15) is 11.0 Å². The van der Waals surface area contributed by atoms with E-state index in [0.717, 1.165) is 6.07 Å². The van der Waals surface area contributed by atoms with Gasteiger partial charge >= 0.3 is 15.5 Å². The molecule has 0 fully saturated rings. The summed E-state index contributed by atoms with van der Waals surface area (Å²) in [6.07, 6.45) is 0. The maximum absolute atomic E-state index is 11.9. The molecule has 1 aromatic heterocycles. The van der Waals surface area contributed by atoms with Crippen molar-refractivity contribution in [3.63, 3.8) is 0 Å². The van der Waals surface area contributed by atoms with Crippen LogP contribution in [0.1, 0.15) is 0 Å². The first-order chi connectivity index (χ1) is 6.72. The van der Waals surface area contributed by atoms with Crippen LogP contribution in [0.3, 0.4) is 0 Å². The number of anilines is 1. The first-order valence-electron chi connectivity index (χ1n) is 3.44. The van der Waals surface area contributed by atoms with Crippen molar-refractivity contribution in [2.75, 3.05) is 4.72 Å². The second kappa shape index (κ2) is 3.86. The Labute approximate surface area is 88.1 Å². The predicted molar refractivity (Wildman–Crippen MR) is 47.8 cm³/mol. The standard InChI is InChI=1S/C6H4ClF3N2O2S/c7-4-2-1-3-5(11-4)12-15(13,14)6(8,9)10/h1-3H,(H,11,12). The molecular weight excluding hydrogens is 257 g/mol. The first-order valence-corrected chi connectivity index (χ1v) is 5.30. The molecule has 0 saturated carbocycles. The summed E-state index contributed by atoms with van der Waals surface area (Å²) < 4.78 is 58.2. The number of hydrogen-bond donors (Lipinski definition) is 1. The van der Waals surface area contributed by atoms with Gasteiger partial charge in [0.15, 0.2) is 0 Å². The van der Waals surface area contributed by atoms with Crippen LogP contribution in [0.4, 0.5) is 19.0 Å². The summed E-state index contributed by atoms with van der Waals surface area (Å²) in [6.45, 7) is 0. The van der Waals surface area contributed by atoms with Crippen molar-refractivity contribution in [2.45, 2.75) is 5.51 Å².